The molecule has 0 saturated heterocycles. The Morgan fingerprint density at radius 3 is 2.48 bits per heavy atom. The number of nitrogens with zero attached hydrogens (tertiary/aromatic N) is 2. The van der Waals surface area contributed by atoms with Gasteiger partial charge in [0.05, 0.1) is 12.1 Å². The predicted octanol–water partition coefficient (Wildman–Crippen LogP) is 3.99. The SMILES string of the molecule is CC(=O)Nc1cccc(NC(=O)C2CC(=O)Nc3c(C)c(-c4ccc(Cl)cc4)nn32)c1. The van der Waals surface area contributed by atoms with Crippen molar-refractivity contribution < 1.29 is 14.4 Å². The summed E-state index contributed by atoms with van der Waals surface area (Å²) in [6, 6.07) is 13.2. The predicted molar refractivity (Wildman–Crippen MR) is 119 cm³/mol. The maximum absolute atomic E-state index is 13.1. The average Bonchev–Trinajstić information content (AvgIpc) is 3.04. The summed E-state index contributed by atoms with van der Waals surface area (Å²) >= 11 is 5.98. The molecule has 0 fully saturated rings. The lowest BCUT2D eigenvalue weighted by Crippen LogP contribution is -2.35. The van der Waals surface area contributed by atoms with Crippen LogP contribution in [0.3, 0.4) is 0 Å². The average molecular weight is 438 g/mol. The third kappa shape index (κ3) is 4.29. The fraction of sp³-hybridized carbons (Fsp3) is 0.182. The summed E-state index contributed by atoms with van der Waals surface area (Å²) in [6.45, 7) is 3.26. The molecule has 0 aliphatic carbocycles. The number of carbonyl (C=O) groups is 3. The van der Waals surface area contributed by atoms with E-state index in [1.54, 1.807) is 41.1 Å². The van der Waals surface area contributed by atoms with Crippen LogP contribution in [-0.2, 0) is 14.4 Å². The summed E-state index contributed by atoms with van der Waals surface area (Å²) < 4.78 is 1.55. The highest BCUT2D eigenvalue weighted by Gasteiger charge is 2.34. The first-order valence-corrected chi connectivity index (χ1v) is 10.0. The third-order valence-corrected chi connectivity index (χ3v) is 5.20. The van der Waals surface area contributed by atoms with Crippen LogP contribution in [0, 0.1) is 6.92 Å². The molecule has 1 unspecified atom stereocenters. The van der Waals surface area contributed by atoms with Crippen molar-refractivity contribution >= 4 is 46.5 Å². The second kappa shape index (κ2) is 8.23. The van der Waals surface area contributed by atoms with Crippen molar-refractivity contribution in [2.45, 2.75) is 26.3 Å². The summed E-state index contributed by atoms with van der Waals surface area (Å²) in [7, 11) is 0. The molecule has 3 amide bonds. The van der Waals surface area contributed by atoms with Gasteiger partial charge in [-0.15, -0.1) is 0 Å². The van der Waals surface area contributed by atoms with Gasteiger partial charge >= 0.3 is 0 Å². The summed E-state index contributed by atoms with van der Waals surface area (Å²) in [5.41, 5.74) is 3.33. The highest BCUT2D eigenvalue weighted by Crippen LogP contribution is 2.35. The Balaban J connectivity index is 1.64. The Morgan fingerprint density at radius 2 is 1.81 bits per heavy atom. The molecule has 0 bridgehead atoms. The van der Waals surface area contributed by atoms with Gasteiger partial charge in [0, 0.05) is 34.4 Å². The summed E-state index contributed by atoms with van der Waals surface area (Å²) in [5, 5.41) is 13.5. The van der Waals surface area contributed by atoms with Gasteiger partial charge in [0.2, 0.25) is 17.7 Å². The van der Waals surface area contributed by atoms with Gasteiger partial charge < -0.3 is 16.0 Å². The van der Waals surface area contributed by atoms with Gasteiger partial charge in [-0.05, 0) is 37.3 Å². The number of halogens is 1. The van der Waals surface area contributed by atoms with Crippen LogP contribution in [0.2, 0.25) is 5.02 Å². The summed E-state index contributed by atoms with van der Waals surface area (Å²) in [6.07, 6.45) is -0.0363. The van der Waals surface area contributed by atoms with Gasteiger partial charge in [0.15, 0.2) is 0 Å². The molecule has 9 heteroatoms. The second-order valence-corrected chi connectivity index (χ2v) is 7.73. The van der Waals surface area contributed by atoms with Crippen LogP contribution in [0.1, 0.15) is 24.9 Å². The van der Waals surface area contributed by atoms with Crippen molar-refractivity contribution in [3.8, 4) is 11.3 Å². The fourth-order valence-electron chi connectivity index (χ4n) is 3.53. The Labute approximate surface area is 183 Å². The number of fused-ring (bicyclic) bond motifs is 1. The zero-order chi connectivity index (χ0) is 22.1. The van der Waals surface area contributed by atoms with Gasteiger partial charge in [0.25, 0.3) is 0 Å². The minimum Gasteiger partial charge on any atom is -0.326 e. The number of amides is 3. The minimum absolute atomic E-state index is 0.0363. The lowest BCUT2D eigenvalue weighted by atomic mass is 10.1. The number of hydrogen-bond donors (Lipinski definition) is 3. The van der Waals surface area contributed by atoms with E-state index in [2.05, 4.69) is 21.0 Å². The van der Waals surface area contributed by atoms with Crippen molar-refractivity contribution in [2.24, 2.45) is 0 Å². The second-order valence-electron chi connectivity index (χ2n) is 7.29. The van der Waals surface area contributed by atoms with Gasteiger partial charge in [-0.3, -0.25) is 14.4 Å². The number of anilines is 3. The van der Waals surface area contributed by atoms with Gasteiger partial charge in [-0.25, -0.2) is 4.68 Å². The Hall–Kier alpha value is -3.65. The van der Waals surface area contributed by atoms with Gasteiger partial charge in [-0.2, -0.15) is 5.10 Å². The van der Waals surface area contributed by atoms with E-state index in [1.165, 1.54) is 6.92 Å². The molecule has 2 aromatic carbocycles. The van der Waals surface area contributed by atoms with Gasteiger partial charge in [0.1, 0.15) is 11.9 Å². The van der Waals surface area contributed by atoms with Crippen molar-refractivity contribution in [2.75, 3.05) is 16.0 Å². The molecule has 1 aliphatic heterocycles. The standard InChI is InChI=1S/C22H20ClN5O3/c1-12-20(14-6-8-15(23)9-7-14)27-28-18(11-19(30)26-21(12)28)22(31)25-17-5-3-4-16(10-17)24-13(2)29/h3-10,18H,11H2,1-2H3,(H,24,29)(H,25,31)(H,26,30). The molecule has 31 heavy (non-hydrogen) atoms. The molecule has 0 spiro atoms. The molecule has 8 nitrogen and oxygen atoms in total. The highest BCUT2D eigenvalue weighted by atomic mass is 35.5. The lowest BCUT2D eigenvalue weighted by molar-refractivity contribution is -0.125. The number of aromatic nitrogens is 2. The van der Waals surface area contributed by atoms with Crippen LogP contribution in [0.5, 0.6) is 0 Å². The van der Waals surface area contributed by atoms with E-state index in [1.807, 2.05) is 19.1 Å². The molecule has 0 saturated carbocycles. The molecule has 4 rings (SSSR count). The highest BCUT2D eigenvalue weighted by molar-refractivity contribution is 6.30. The van der Waals surface area contributed by atoms with Crippen LogP contribution in [0.15, 0.2) is 48.5 Å². The van der Waals surface area contributed by atoms with E-state index >= 15 is 0 Å². The number of nitrogens with one attached hydrogen (secondary N) is 3. The first kappa shape index (κ1) is 20.6. The first-order valence-electron chi connectivity index (χ1n) is 9.65. The monoisotopic (exact) mass is 437 g/mol. The van der Waals surface area contributed by atoms with E-state index in [0.29, 0.717) is 27.9 Å². The molecule has 1 atom stereocenters. The van der Waals surface area contributed by atoms with Crippen LogP contribution in [0.4, 0.5) is 17.2 Å². The van der Waals surface area contributed by atoms with Crippen LogP contribution >= 0.6 is 11.6 Å². The molecule has 1 aliphatic rings. The smallest absolute Gasteiger partial charge is 0.249 e. The lowest BCUT2D eigenvalue weighted by Gasteiger charge is -2.24. The first-order chi connectivity index (χ1) is 14.8. The molecule has 3 aromatic rings. The normalized spacial score (nSPS) is 15.1. The van der Waals surface area contributed by atoms with E-state index in [0.717, 1.165) is 11.1 Å². The molecule has 0 radical (unpaired) electrons. The van der Waals surface area contributed by atoms with Crippen molar-refractivity contribution in [1.29, 1.82) is 0 Å². The van der Waals surface area contributed by atoms with Crippen molar-refractivity contribution in [1.82, 2.24) is 9.78 Å². The molecule has 3 N–H and O–H groups in total. The van der Waals surface area contributed by atoms with E-state index in [4.69, 9.17) is 11.6 Å². The number of hydrogen-bond acceptors (Lipinski definition) is 4. The van der Waals surface area contributed by atoms with E-state index in [-0.39, 0.29) is 24.1 Å². The van der Waals surface area contributed by atoms with Crippen molar-refractivity contribution in [3.63, 3.8) is 0 Å². The number of benzene rings is 2. The number of carbonyl (C=O) groups excluding carboxylic acids is 3. The molecule has 1 aromatic heterocycles. The Morgan fingerprint density at radius 1 is 1.13 bits per heavy atom. The van der Waals surface area contributed by atoms with Crippen molar-refractivity contribution in [3.05, 3.63) is 59.1 Å². The zero-order valence-corrected chi connectivity index (χ0v) is 17.7. The molecule has 2 heterocycles. The van der Waals surface area contributed by atoms with Crippen LogP contribution in [-0.4, -0.2) is 27.5 Å². The topological polar surface area (TPSA) is 105 Å². The quantitative estimate of drug-likeness (QED) is 0.573. The van der Waals surface area contributed by atoms with Crippen LogP contribution in [0.25, 0.3) is 11.3 Å². The van der Waals surface area contributed by atoms with E-state index < -0.39 is 6.04 Å². The maximum atomic E-state index is 13.1. The zero-order valence-electron chi connectivity index (χ0n) is 16.9. The molecular formula is C22H20ClN5O3. The fourth-order valence-corrected chi connectivity index (χ4v) is 3.65. The molecule has 158 valence electrons. The summed E-state index contributed by atoms with van der Waals surface area (Å²) in [5.74, 6) is -0.348. The Bertz CT molecular complexity index is 1190. The third-order valence-electron chi connectivity index (χ3n) is 4.95. The summed E-state index contributed by atoms with van der Waals surface area (Å²) in [4.78, 5) is 36.6. The maximum Gasteiger partial charge on any atom is 0.249 e. The number of rotatable bonds is 4. The minimum atomic E-state index is -0.812. The molecular weight excluding hydrogens is 418 g/mol. The van der Waals surface area contributed by atoms with Gasteiger partial charge in [-0.1, -0.05) is 29.8 Å². The van der Waals surface area contributed by atoms with E-state index in [9.17, 15) is 14.4 Å². The Kier molecular flexibility index (Phi) is 5.48. The van der Waals surface area contributed by atoms with Crippen LogP contribution < -0.4 is 16.0 Å². The largest absolute Gasteiger partial charge is 0.326 e.